The van der Waals surface area contributed by atoms with Gasteiger partial charge < -0.3 is 0 Å². The summed E-state index contributed by atoms with van der Waals surface area (Å²) in [5, 5.41) is 2.35. The molecular weight excluding hydrogens is 390 g/mol. The quantitative estimate of drug-likeness (QED) is 0.312. The molecule has 160 valence electrons. The van der Waals surface area contributed by atoms with Crippen molar-refractivity contribution in [1.82, 2.24) is 4.98 Å². The molecule has 1 heterocycles. The van der Waals surface area contributed by atoms with Gasteiger partial charge in [0, 0.05) is 5.39 Å². The van der Waals surface area contributed by atoms with Gasteiger partial charge in [-0.1, -0.05) is 60.2 Å². The summed E-state index contributed by atoms with van der Waals surface area (Å²) < 4.78 is 0. The molecule has 4 aromatic rings. The Kier molecular flexibility index (Phi) is 6.00. The Morgan fingerprint density at radius 1 is 0.625 bits per heavy atom. The van der Waals surface area contributed by atoms with Gasteiger partial charge in [-0.05, 0) is 75.8 Å². The van der Waals surface area contributed by atoms with E-state index in [0.717, 1.165) is 45.1 Å². The van der Waals surface area contributed by atoms with Crippen LogP contribution in [0, 0.1) is 27.7 Å². The molecule has 0 aliphatic heterocycles. The van der Waals surface area contributed by atoms with Gasteiger partial charge >= 0.3 is 0 Å². The maximum atomic E-state index is 4.99. The van der Waals surface area contributed by atoms with Gasteiger partial charge in [0.25, 0.3) is 0 Å². The number of hydrogen-bond acceptors (Lipinski definition) is 3. The van der Waals surface area contributed by atoms with Crippen molar-refractivity contribution in [3.05, 3.63) is 100 Å². The Balaban J connectivity index is 1.73. The second-order valence-electron chi connectivity index (χ2n) is 8.50. The molecule has 0 atom stereocenters. The summed E-state index contributed by atoms with van der Waals surface area (Å²) in [6, 6.07) is 23.0. The van der Waals surface area contributed by atoms with E-state index in [9.17, 15) is 0 Å². The van der Waals surface area contributed by atoms with E-state index in [-0.39, 0.29) is 0 Å². The van der Waals surface area contributed by atoms with E-state index in [1.165, 1.54) is 22.1 Å². The highest BCUT2D eigenvalue weighted by Crippen LogP contribution is 2.30. The zero-order valence-electron chi connectivity index (χ0n) is 19.7. The van der Waals surface area contributed by atoms with E-state index in [2.05, 4.69) is 76.2 Å². The lowest BCUT2D eigenvalue weighted by atomic mass is 10.0. The number of fused-ring (bicyclic) bond motifs is 1. The standard InChI is InChI=1S/C29H29N3/c1-18-16-20(3)28(21(4)17-18)30-22(5)26-12-9-13-27(32-26)23(6)31-29-19(2)14-15-24-10-7-8-11-25(24)29/h7-17H,1-6H3. The molecule has 0 spiro atoms. The van der Waals surface area contributed by atoms with Crippen molar-refractivity contribution < 1.29 is 0 Å². The topological polar surface area (TPSA) is 37.6 Å². The molecule has 0 unspecified atom stereocenters. The monoisotopic (exact) mass is 419 g/mol. The van der Waals surface area contributed by atoms with Gasteiger partial charge in [0.05, 0.1) is 34.2 Å². The minimum atomic E-state index is 0.863. The van der Waals surface area contributed by atoms with Crippen molar-refractivity contribution in [1.29, 1.82) is 0 Å². The second-order valence-corrected chi connectivity index (χ2v) is 8.50. The lowest BCUT2D eigenvalue weighted by Crippen LogP contribution is -2.05. The Labute approximate surface area is 190 Å². The van der Waals surface area contributed by atoms with Crippen LogP contribution in [0.4, 0.5) is 11.4 Å². The zero-order chi connectivity index (χ0) is 22.8. The number of hydrogen-bond donors (Lipinski definition) is 0. The molecule has 0 N–H and O–H groups in total. The first-order chi connectivity index (χ1) is 15.3. The molecule has 0 amide bonds. The summed E-state index contributed by atoms with van der Waals surface area (Å²) in [6.45, 7) is 12.5. The van der Waals surface area contributed by atoms with Gasteiger partial charge in [0.1, 0.15) is 0 Å². The van der Waals surface area contributed by atoms with Gasteiger partial charge in [-0.25, -0.2) is 4.98 Å². The van der Waals surface area contributed by atoms with Crippen molar-refractivity contribution in [2.24, 2.45) is 9.98 Å². The summed E-state index contributed by atoms with van der Waals surface area (Å²) >= 11 is 0. The van der Waals surface area contributed by atoms with Crippen LogP contribution in [0.3, 0.4) is 0 Å². The molecule has 3 nitrogen and oxygen atoms in total. The van der Waals surface area contributed by atoms with Crippen LogP contribution in [0.25, 0.3) is 10.8 Å². The molecule has 0 fully saturated rings. The van der Waals surface area contributed by atoms with E-state index >= 15 is 0 Å². The Bertz CT molecular complexity index is 1350. The Hall–Kier alpha value is -3.59. The highest BCUT2D eigenvalue weighted by molar-refractivity contribution is 6.04. The first-order valence-corrected chi connectivity index (χ1v) is 11.0. The molecular formula is C29H29N3. The van der Waals surface area contributed by atoms with Crippen molar-refractivity contribution in [3.8, 4) is 0 Å². The lowest BCUT2D eigenvalue weighted by Gasteiger charge is -2.10. The highest BCUT2D eigenvalue weighted by Gasteiger charge is 2.09. The van der Waals surface area contributed by atoms with Gasteiger partial charge in [0.15, 0.2) is 0 Å². The Morgan fingerprint density at radius 3 is 1.88 bits per heavy atom. The van der Waals surface area contributed by atoms with E-state index in [4.69, 9.17) is 15.0 Å². The SMILES string of the molecule is CC(=Nc1c(C)cc(C)cc1C)c1cccc(C(C)=Nc2c(C)ccc3ccccc23)n1. The van der Waals surface area contributed by atoms with Crippen LogP contribution in [0.5, 0.6) is 0 Å². The number of pyridine rings is 1. The van der Waals surface area contributed by atoms with E-state index in [1.807, 2.05) is 32.0 Å². The van der Waals surface area contributed by atoms with Crippen LogP contribution in [0.2, 0.25) is 0 Å². The lowest BCUT2D eigenvalue weighted by molar-refractivity contribution is 1.23. The van der Waals surface area contributed by atoms with E-state index < -0.39 is 0 Å². The molecule has 4 rings (SSSR count). The first kappa shape index (κ1) is 21.6. The summed E-state index contributed by atoms with van der Waals surface area (Å²) in [4.78, 5) is 14.8. The molecule has 0 saturated heterocycles. The molecule has 0 radical (unpaired) electrons. The van der Waals surface area contributed by atoms with Gasteiger partial charge in [0.2, 0.25) is 0 Å². The normalized spacial score (nSPS) is 12.4. The molecule has 3 heteroatoms. The third-order valence-electron chi connectivity index (χ3n) is 5.79. The van der Waals surface area contributed by atoms with Crippen molar-refractivity contribution in [3.63, 3.8) is 0 Å². The van der Waals surface area contributed by atoms with Gasteiger partial charge in [-0.2, -0.15) is 0 Å². The van der Waals surface area contributed by atoms with Crippen LogP contribution in [0.15, 0.2) is 76.7 Å². The molecule has 0 saturated carbocycles. The number of rotatable bonds is 4. The van der Waals surface area contributed by atoms with Gasteiger partial charge in [-0.3, -0.25) is 9.98 Å². The second kappa shape index (κ2) is 8.88. The summed E-state index contributed by atoms with van der Waals surface area (Å²) in [7, 11) is 0. The van der Waals surface area contributed by atoms with Crippen molar-refractivity contribution >= 4 is 33.6 Å². The Morgan fingerprint density at radius 2 is 1.22 bits per heavy atom. The average molecular weight is 420 g/mol. The number of aliphatic imine (C=N–C) groups is 2. The van der Waals surface area contributed by atoms with Crippen LogP contribution >= 0.6 is 0 Å². The first-order valence-electron chi connectivity index (χ1n) is 11.0. The fourth-order valence-corrected chi connectivity index (χ4v) is 4.15. The van der Waals surface area contributed by atoms with E-state index in [0.29, 0.717) is 0 Å². The minimum absolute atomic E-state index is 0.863. The molecule has 0 bridgehead atoms. The number of benzene rings is 3. The van der Waals surface area contributed by atoms with Crippen molar-refractivity contribution in [2.75, 3.05) is 0 Å². The summed E-state index contributed by atoms with van der Waals surface area (Å²) in [5.41, 5.74) is 10.3. The fraction of sp³-hybridized carbons (Fsp3) is 0.207. The predicted molar refractivity (Wildman–Crippen MR) is 137 cm³/mol. The molecule has 1 aromatic heterocycles. The summed E-state index contributed by atoms with van der Waals surface area (Å²) in [5.74, 6) is 0. The largest absolute Gasteiger partial charge is 0.251 e. The maximum Gasteiger partial charge on any atom is 0.0849 e. The van der Waals surface area contributed by atoms with Crippen LogP contribution in [-0.4, -0.2) is 16.4 Å². The molecule has 3 aromatic carbocycles. The highest BCUT2D eigenvalue weighted by atomic mass is 14.8. The average Bonchev–Trinajstić information content (AvgIpc) is 2.78. The van der Waals surface area contributed by atoms with E-state index in [1.54, 1.807) is 0 Å². The fourth-order valence-electron chi connectivity index (χ4n) is 4.15. The number of aromatic nitrogens is 1. The smallest absolute Gasteiger partial charge is 0.0849 e. The molecule has 0 aliphatic carbocycles. The van der Waals surface area contributed by atoms with Crippen LogP contribution in [-0.2, 0) is 0 Å². The predicted octanol–water partition coefficient (Wildman–Crippen LogP) is 7.75. The zero-order valence-corrected chi connectivity index (χ0v) is 19.7. The maximum absolute atomic E-state index is 4.99. The number of nitrogens with zero attached hydrogens (tertiary/aromatic N) is 3. The molecule has 0 aliphatic rings. The van der Waals surface area contributed by atoms with Crippen LogP contribution in [0.1, 0.15) is 47.5 Å². The number of aryl methyl sites for hydroxylation is 4. The summed E-state index contributed by atoms with van der Waals surface area (Å²) in [6.07, 6.45) is 0. The molecule has 32 heavy (non-hydrogen) atoms. The van der Waals surface area contributed by atoms with Gasteiger partial charge in [-0.15, -0.1) is 0 Å². The third kappa shape index (κ3) is 4.38. The van der Waals surface area contributed by atoms with Crippen LogP contribution < -0.4 is 0 Å². The third-order valence-corrected chi connectivity index (χ3v) is 5.79. The van der Waals surface area contributed by atoms with Crippen molar-refractivity contribution in [2.45, 2.75) is 41.5 Å². The minimum Gasteiger partial charge on any atom is -0.251 e.